The van der Waals surface area contributed by atoms with E-state index in [4.69, 9.17) is 5.73 Å². The predicted octanol–water partition coefficient (Wildman–Crippen LogP) is 1.32. The Morgan fingerprint density at radius 3 is 2.71 bits per heavy atom. The van der Waals surface area contributed by atoms with Crippen molar-refractivity contribution in [2.24, 2.45) is 5.92 Å². The van der Waals surface area contributed by atoms with E-state index in [-0.39, 0.29) is 18.4 Å². The first-order valence-corrected chi connectivity index (χ1v) is 5.74. The minimum Gasteiger partial charge on any atom is -0.398 e. The maximum Gasteiger partial charge on any atom is 0.251 e. The second-order valence-corrected chi connectivity index (χ2v) is 4.54. The lowest BCUT2D eigenvalue weighted by atomic mass is 10.1. The van der Waals surface area contributed by atoms with Crippen molar-refractivity contribution in [1.82, 2.24) is 5.32 Å². The molecule has 0 saturated carbocycles. The molecule has 0 radical (unpaired) electrons. The zero-order chi connectivity index (χ0) is 13.0. The second kappa shape index (κ2) is 5.68. The Kier molecular flexibility index (Phi) is 4.52. The average molecular weight is 236 g/mol. The van der Waals surface area contributed by atoms with Crippen LogP contribution in [-0.2, 0) is 0 Å². The number of nitrogen functional groups attached to an aromatic ring is 1. The maximum absolute atomic E-state index is 11.9. The van der Waals surface area contributed by atoms with Gasteiger partial charge in [-0.1, -0.05) is 19.9 Å². The van der Waals surface area contributed by atoms with Gasteiger partial charge in [-0.3, -0.25) is 4.79 Å². The molecule has 0 spiro atoms. The number of aliphatic hydroxyl groups excluding tert-OH is 1. The molecule has 4 N–H and O–H groups in total. The highest BCUT2D eigenvalue weighted by Crippen LogP contribution is 2.15. The third-order valence-electron chi connectivity index (χ3n) is 2.86. The molecule has 4 nitrogen and oxygen atoms in total. The van der Waals surface area contributed by atoms with Crippen LogP contribution in [-0.4, -0.2) is 23.7 Å². The quantitative estimate of drug-likeness (QED) is 0.690. The molecule has 1 aromatic rings. The molecule has 0 aromatic heterocycles. The highest BCUT2D eigenvalue weighted by atomic mass is 16.3. The number of nitrogens with one attached hydrogen (secondary N) is 1. The van der Waals surface area contributed by atoms with Crippen LogP contribution in [0.1, 0.15) is 29.8 Å². The van der Waals surface area contributed by atoms with Crippen LogP contribution in [0.3, 0.4) is 0 Å². The van der Waals surface area contributed by atoms with Gasteiger partial charge >= 0.3 is 0 Å². The lowest BCUT2D eigenvalue weighted by Crippen LogP contribution is -2.35. The molecule has 1 unspecified atom stereocenters. The Hall–Kier alpha value is -1.55. The van der Waals surface area contributed by atoms with Crippen LogP contribution in [0.5, 0.6) is 0 Å². The van der Waals surface area contributed by atoms with Gasteiger partial charge in [0.25, 0.3) is 5.91 Å². The van der Waals surface area contributed by atoms with E-state index in [2.05, 4.69) is 5.32 Å². The monoisotopic (exact) mass is 236 g/mol. The first kappa shape index (κ1) is 13.5. The first-order chi connectivity index (χ1) is 7.93. The van der Waals surface area contributed by atoms with E-state index in [1.54, 1.807) is 18.2 Å². The van der Waals surface area contributed by atoms with E-state index < -0.39 is 6.10 Å². The third-order valence-corrected chi connectivity index (χ3v) is 2.86. The molecule has 0 bridgehead atoms. The van der Waals surface area contributed by atoms with Crippen molar-refractivity contribution in [3.05, 3.63) is 29.3 Å². The molecule has 1 rings (SSSR count). The van der Waals surface area contributed by atoms with Crippen LogP contribution in [0.4, 0.5) is 5.69 Å². The maximum atomic E-state index is 11.9. The largest absolute Gasteiger partial charge is 0.398 e. The smallest absolute Gasteiger partial charge is 0.251 e. The van der Waals surface area contributed by atoms with Crippen LogP contribution in [0, 0.1) is 12.8 Å². The molecule has 4 heteroatoms. The number of hydrogen-bond donors (Lipinski definition) is 3. The number of carbonyl (C=O) groups is 1. The summed E-state index contributed by atoms with van der Waals surface area (Å²) < 4.78 is 0. The predicted molar refractivity (Wildman–Crippen MR) is 68.8 cm³/mol. The molecule has 0 aliphatic heterocycles. The molecule has 17 heavy (non-hydrogen) atoms. The molecule has 1 amide bonds. The Balaban J connectivity index is 2.68. The summed E-state index contributed by atoms with van der Waals surface area (Å²) in [6.07, 6.45) is -0.527. The second-order valence-electron chi connectivity index (χ2n) is 4.54. The van der Waals surface area contributed by atoms with Gasteiger partial charge in [-0.2, -0.15) is 0 Å². The summed E-state index contributed by atoms with van der Waals surface area (Å²) in [5, 5.41) is 12.3. The summed E-state index contributed by atoms with van der Waals surface area (Å²) in [5.74, 6) is -0.0771. The van der Waals surface area contributed by atoms with E-state index in [1.807, 2.05) is 20.8 Å². The standard InChI is InChI=1S/C13H20N2O2/c1-8(2)12(16)7-15-13(17)10-5-4-6-11(14)9(10)3/h4-6,8,12,16H,7,14H2,1-3H3,(H,15,17). The van der Waals surface area contributed by atoms with Crippen molar-refractivity contribution >= 4 is 11.6 Å². The van der Waals surface area contributed by atoms with E-state index in [1.165, 1.54) is 0 Å². The van der Waals surface area contributed by atoms with E-state index >= 15 is 0 Å². The number of hydrogen-bond acceptors (Lipinski definition) is 3. The highest BCUT2D eigenvalue weighted by Gasteiger charge is 2.13. The van der Waals surface area contributed by atoms with Crippen molar-refractivity contribution in [1.29, 1.82) is 0 Å². The Morgan fingerprint density at radius 1 is 1.47 bits per heavy atom. The van der Waals surface area contributed by atoms with Crippen molar-refractivity contribution in [2.45, 2.75) is 26.9 Å². The SMILES string of the molecule is Cc1c(N)cccc1C(=O)NCC(O)C(C)C. The van der Waals surface area contributed by atoms with Gasteiger partial charge in [-0.15, -0.1) is 0 Å². The van der Waals surface area contributed by atoms with Gasteiger partial charge in [-0.25, -0.2) is 0 Å². The summed E-state index contributed by atoms with van der Waals surface area (Å²) >= 11 is 0. The topological polar surface area (TPSA) is 75.4 Å². The molecule has 0 aliphatic carbocycles. The molecule has 1 aromatic carbocycles. The lowest BCUT2D eigenvalue weighted by Gasteiger charge is -2.15. The molecule has 0 aliphatic rings. The summed E-state index contributed by atoms with van der Waals surface area (Å²) in [7, 11) is 0. The van der Waals surface area contributed by atoms with Crippen molar-refractivity contribution in [3.63, 3.8) is 0 Å². The molecule has 0 heterocycles. The van der Waals surface area contributed by atoms with Crippen LogP contribution >= 0.6 is 0 Å². The van der Waals surface area contributed by atoms with Crippen molar-refractivity contribution in [3.8, 4) is 0 Å². The number of carbonyl (C=O) groups excluding carboxylic acids is 1. The lowest BCUT2D eigenvalue weighted by molar-refractivity contribution is 0.0871. The van der Waals surface area contributed by atoms with Gasteiger partial charge in [0.05, 0.1) is 6.10 Å². The number of amides is 1. The number of rotatable bonds is 4. The normalized spacial score (nSPS) is 12.5. The Morgan fingerprint density at radius 2 is 2.12 bits per heavy atom. The number of aliphatic hydroxyl groups is 1. The minimum atomic E-state index is -0.527. The summed E-state index contributed by atoms with van der Waals surface area (Å²) in [6.45, 7) is 5.87. The molecule has 0 fully saturated rings. The molecular formula is C13H20N2O2. The molecular weight excluding hydrogens is 216 g/mol. The highest BCUT2D eigenvalue weighted by molar-refractivity contribution is 5.96. The van der Waals surface area contributed by atoms with Crippen molar-refractivity contribution in [2.75, 3.05) is 12.3 Å². The van der Waals surface area contributed by atoms with Gasteiger partial charge in [0.1, 0.15) is 0 Å². The molecule has 1 atom stereocenters. The van der Waals surface area contributed by atoms with Crippen LogP contribution < -0.4 is 11.1 Å². The Bertz CT molecular complexity index is 402. The zero-order valence-electron chi connectivity index (χ0n) is 10.5. The minimum absolute atomic E-state index is 0.122. The fourth-order valence-electron chi connectivity index (χ4n) is 1.43. The number of nitrogens with two attached hydrogens (primary N) is 1. The third kappa shape index (κ3) is 3.46. The van der Waals surface area contributed by atoms with E-state index in [9.17, 15) is 9.90 Å². The molecule has 94 valence electrons. The first-order valence-electron chi connectivity index (χ1n) is 5.74. The fraction of sp³-hybridized carbons (Fsp3) is 0.462. The molecule has 0 saturated heterocycles. The average Bonchev–Trinajstić information content (AvgIpc) is 2.29. The number of anilines is 1. The summed E-state index contributed by atoms with van der Waals surface area (Å²) in [4.78, 5) is 11.9. The van der Waals surface area contributed by atoms with Gasteiger partial charge < -0.3 is 16.2 Å². The van der Waals surface area contributed by atoms with Gasteiger partial charge in [0.15, 0.2) is 0 Å². The Labute approximate surface area is 102 Å². The van der Waals surface area contributed by atoms with Crippen molar-refractivity contribution < 1.29 is 9.90 Å². The van der Waals surface area contributed by atoms with Gasteiger partial charge in [-0.05, 0) is 30.5 Å². The number of benzene rings is 1. The van der Waals surface area contributed by atoms with Gasteiger partial charge in [0.2, 0.25) is 0 Å². The van der Waals surface area contributed by atoms with E-state index in [0.717, 1.165) is 5.56 Å². The summed E-state index contributed by atoms with van der Waals surface area (Å²) in [6, 6.07) is 5.23. The fourth-order valence-corrected chi connectivity index (χ4v) is 1.43. The van der Waals surface area contributed by atoms with Crippen LogP contribution in [0.25, 0.3) is 0 Å². The summed E-state index contributed by atoms with van der Waals surface area (Å²) in [5.41, 5.74) is 7.66. The van der Waals surface area contributed by atoms with Crippen LogP contribution in [0.2, 0.25) is 0 Å². The van der Waals surface area contributed by atoms with Gasteiger partial charge in [0, 0.05) is 17.8 Å². The van der Waals surface area contributed by atoms with Crippen LogP contribution in [0.15, 0.2) is 18.2 Å². The zero-order valence-corrected chi connectivity index (χ0v) is 10.5. The van der Waals surface area contributed by atoms with E-state index in [0.29, 0.717) is 11.3 Å².